The van der Waals surface area contributed by atoms with Crippen molar-refractivity contribution in [3.63, 3.8) is 0 Å². The lowest BCUT2D eigenvalue weighted by atomic mass is 10.0. The summed E-state index contributed by atoms with van der Waals surface area (Å²) in [7, 11) is 3.18. The summed E-state index contributed by atoms with van der Waals surface area (Å²) >= 11 is 0. The summed E-state index contributed by atoms with van der Waals surface area (Å²) in [6, 6.07) is 13.1. The van der Waals surface area contributed by atoms with Crippen molar-refractivity contribution in [2.75, 3.05) is 14.2 Å². The van der Waals surface area contributed by atoms with Crippen molar-refractivity contribution in [3.8, 4) is 17.2 Å². The van der Waals surface area contributed by atoms with Gasteiger partial charge in [-0.2, -0.15) is 0 Å². The summed E-state index contributed by atoms with van der Waals surface area (Å²) in [6.45, 7) is 5.48. The molecule has 0 atom stereocenters. The maximum absolute atomic E-state index is 12.2. The lowest BCUT2D eigenvalue weighted by Crippen LogP contribution is -2.09. The Morgan fingerprint density at radius 3 is 2.10 bits per heavy atom. The third-order valence-electron chi connectivity index (χ3n) is 4.43. The first kappa shape index (κ1) is 22.2. The zero-order valence-corrected chi connectivity index (χ0v) is 17.3. The fourth-order valence-corrected chi connectivity index (χ4v) is 2.93. The second-order valence-corrected chi connectivity index (χ2v) is 6.89. The third kappa shape index (κ3) is 7.45. The van der Waals surface area contributed by atoms with E-state index in [1.807, 2.05) is 36.4 Å². The van der Waals surface area contributed by atoms with Crippen molar-refractivity contribution < 1.29 is 23.8 Å². The Labute approximate surface area is 172 Å². The van der Waals surface area contributed by atoms with Gasteiger partial charge in [-0.3, -0.25) is 9.59 Å². The van der Waals surface area contributed by atoms with Crippen LogP contribution in [0.1, 0.15) is 37.3 Å². The maximum atomic E-state index is 12.2. The number of allylic oxidation sites excluding steroid dienone is 1. The van der Waals surface area contributed by atoms with Crippen LogP contribution in [-0.2, 0) is 22.4 Å². The Kier molecular flexibility index (Phi) is 8.46. The Hall–Kier alpha value is -3.08. The van der Waals surface area contributed by atoms with Crippen LogP contribution in [0.25, 0.3) is 0 Å². The Balaban J connectivity index is 1.81. The number of methoxy groups -OCH3 is 2. The quantitative estimate of drug-likeness (QED) is 0.384. The molecule has 0 radical (unpaired) electrons. The molecule has 0 aromatic heterocycles. The van der Waals surface area contributed by atoms with Crippen LogP contribution in [0, 0.1) is 0 Å². The molecule has 0 spiro atoms. The first-order valence-electron chi connectivity index (χ1n) is 9.58. The number of rotatable bonds is 12. The van der Waals surface area contributed by atoms with E-state index in [0.29, 0.717) is 42.9 Å². The molecule has 29 heavy (non-hydrogen) atoms. The van der Waals surface area contributed by atoms with E-state index in [-0.39, 0.29) is 18.0 Å². The largest absolute Gasteiger partial charge is 0.497 e. The number of benzene rings is 2. The molecule has 0 aliphatic carbocycles. The second kappa shape index (κ2) is 11.1. The van der Waals surface area contributed by atoms with Crippen molar-refractivity contribution in [3.05, 3.63) is 65.9 Å². The molecule has 5 nitrogen and oxygen atoms in total. The molecule has 2 aromatic carbocycles. The summed E-state index contributed by atoms with van der Waals surface area (Å²) in [5, 5.41) is 0. The monoisotopic (exact) mass is 396 g/mol. The van der Waals surface area contributed by atoms with Crippen LogP contribution in [0.2, 0.25) is 0 Å². The van der Waals surface area contributed by atoms with Gasteiger partial charge in [-0.15, -0.1) is 0 Å². The van der Waals surface area contributed by atoms with Crippen LogP contribution in [0.3, 0.4) is 0 Å². The number of carbonyl (C=O) groups excluding carboxylic acids is 2. The van der Waals surface area contributed by atoms with Gasteiger partial charge in [0.1, 0.15) is 17.3 Å². The van der Waals surface area contributed by atoms with E-state index in [0.717, 1.165) is 16.9 Å². The minimum Gasteiger partial charge on any atom is -0.497 e. The first-order chi connectivity index (χ1) is 13.9. The highest BCUT2D eigenvalue weighted by Gasteiger charge is 2.12. The second-order valence-electron chi connectivity index (χ2n) is 6.89. The minimum absolute atomic E-state index is 0.0298. The molecule has 2 aromatic rings. The van der Waals surface area contributed by atoms with E-state index in [1.165, 1.54) is 0 Å². The number of ketones is 2. The standard InChI is InChI=1S/C24H28O5/c1-17(2)29-23-13-10-19(15-24(23)28-4)9-12-21(26)16-20(25)11-8-18-6-5-7-22(14-18)27-3/h5-7,10,13-15H,1,8-9,11-12,16H2,2-4H3. The SMILES string of the molecule is C=C(C)Oc1ccc(CCC(=O)CC(=O)CCc2cccc(OC)c2)cc1OC. The summed E-state index contributed by atoms with van der Waals surface area (Å²) in [6.07, 6.45) is 1.78. The van der Waals surface area contributed by atoms with Crippen LogP contribution < -0.4 is 14.2 Å². The van der Waals surface area contributed by atoms with Crippen LogP contribution in [0.15, 0.2) is 54.8 Å². The van der Waals surface area contributed by atoms with Gasteiger partial charge in [0, 0.05) is 12.8 Å². The number of aryl methyl sites for hydroxylation is 2. The zero-order valence-electron chi connectivity index (χ0n) is 17.3. The predicted octanol–water partition coefficient (Wildman–Crippen LogP) is 4.71. The lowest BCUT2D eigenvalue weighted by Gasteiger charge is -2.11. The molecule has 0 saturated carbocycles. The van der Waals surface area contributed by atoms with Crippen LogP contribution in [-0.4, -0.2) is 25.8 Å². The fraction of sp³-hybridized carbons (Fsp3) is 0.333. The van der Waals surface area contributed by atoms with Gasteiger partial charge < -0.3 is 14.2 Å². The molecule has 0 amide bonds. The van der Waals surface area contributed by atoms with E-state index >= 15 is 0 Å². The highest BCUT2D eigenvalue weighted by atomic mass is 16.5. The molecule has 0 N–H and O–H groups in total. The van der Waals surface area contributed by atoms with Gasteiger partial charge in [0.25, 0.3) is 0 Å². The highest BCUT2D eigenvalue weighted by molar-refractivity contribution is 5.99. The van der Waals surface area contributed by atoms with Crippen LogP contribution in [0.5, 0.6) is 17.2 Å². The molecule has 0 saturated heterocycles. The number of hydrogen-bond donors (Lipinski definition) is 0. The van der Waals surface area contributed by atoms with E-state index < -0.39 is 0 Å². The van der Waals surface area contributed by atoms with E-state index in [9.17, 15) is 9.59 Å². The third-order valence-corrected chi connectivity index (χ3v) is 4.43. The van der Waals surface area contributed by atoms with Crippen molar-refractivity contribution in [2.24, 2.45) is 0 Å². The zero-order chi connectivity index (χ0) is 21.2. The van der Waals surface area contributed by atoms with Gasteiger partial charge in [-0.25, -0.2) is 0 Å². The number of carbonyl (C=O) groups is 2. The topological polar surface area (TPSA) is 61.8 Å². The predicted molar refractivity (Wildman–Crippen MR) is 113 cm³/mol. The van der Waals surface area contributed by atoms with Gasteiger partial charge in [0.05, 0.1) is 26.4 Å². The summed E-state index contributed by atoms with van der Waals surface area (Å²) in [5.41, 5.74) is 1.97. The Morgan fingerprint density at radius 2 is 1.52 bits per heavy atom. The van der Waals surface area contributed by atoms with E-state index in [1.54, 1.807) is 27.2 Å². The summed E-state index contributed by atoms with van der Waals surface area (Å²) < 4.78 is 16.0. The van der Waals surface area contributed by atoms with Crippen molar-refractivity contribution >= 4 is 11.6 Å². The Bertz CT molecular complexity index is 869. The first-order valence-corrected chi connectivity index (χ1v) is 9.58. The van der Waals surface area contributed by atoms with Crippen molar-refractivity contribution in [1.82, 2.24) is 0 Å². The summed E-state index contributed by atoms with van der Waals surface area (Å²) in [5.74, 6) is 2.41. The average molecular weight is 396 g/mol. The maximum Gasteiger partial charge on any atom is 0.168 e. The van der Waals surface area contributed by atoms with Gasteiger partial charge in [-0.05, 0) is 55.2 Å². The van der Waals surface area contributed by atoms with E-state index in [4.69, 9.17) is 14.2 Å². The molecule has 0 aliphatic rings. The van der Waals surface area contributed by atoms with Crippen LogP contribution in [0.4, 0.5) is 0 Å². The average Bonchev–Trinajstić information content (AvgIpc) is 2.71. The summed E-state index contributed by atoms with van der Waals surface area (Å²) in [4.78, 5) is 24.3. The molecular weight excluding hydrogens is 368 g/mol. The lowest BCUT2D eigenvalue weighted by molar-refractivity contribution is -0.126. The smallest absolute Gasteiger partial charge is 0.168 e. The molecule has 0 aliphatic heterocycles. The molecular formula is C24H28O5. The number of hydrogen-bond acceptors (Lipinski definition) is 5. The van der Waals surface area contributed by atoms with Gasteiger partial charge in [-0.1, -0.05) is 24.8 Å². The number of Topliss-reactive ketones (excluding diaryl/α,β-unsaturated/α-hetero) is 2. The number of ether oxygens (including phenoxy) is 3. The molecule has 0 fully saturated rings. The molecule has 154 valence electrons. The van der Waals surface area contributed by atoms with Gasteiger partial charge in [0.2, 0.25) is 0 Å². The molecule has 5 heteroatoms. The van der Waals surface area contributed by atoms with Gasteiger partial charge >= 0.3 is 0 Å². The normalized spacial score (nSPS) is 10.3. The molecule has 0 heterocycles. The molecule has 0 bridgehead atoms. The van der Waals surface area contributed by atoms with Crippen molar-refractivity contribution in [2.45, 2.75) is 39.0 Å². The molecule has 2 rings (SSSR count). The van der Waals surface area contributed by atoms with Crippen LogP contribution >= 0.6 is 0 Å². The van der Waals surface area contributed by atoms with E-state index in [2.05, 4.69) is 6.58 Å². The highest BCUT2D eigenvalue weighted by Crippen LogP contribution is 2.29. The fourth-order valence-electron chi connectivity index (χ4n) is 2.93. The Morgan fingerprint density at radius 1 is 0.862 bits per heavy atom. The molecule has 0 unspecified atom stereocenters. The minimum atomic E-state index is -0.0538. The van der Waals surface area contributed by atoms with Gasteiger partial charge in [0.15, 0.2) is 11.5 Å². The van der Waals surface area contributed by atoms with Crippen molar-refractivity contribution in [1.29, 1.82) is 0 Å².